The number of anilines is 1. The first-order valence-electron chi connectivity index (χ1n) is 9.54. The van der Waals surface area contributed by atoms with Crippen LogP contribution < -0.4 is 4.90 Å². The molecule has 0 aliphatic carbocycles. The molecule has 0 bridgehead atoms. The number of fused-ring (bicyclic) bond motifs is 1. The third kappa shape index (κ3) is 3.65. The summed E-state index contributed by atoms with van der Waals surface area (Å²) in [5.41, 5.74) is 3.14. The zero-order chi connectivity index (χ0) is 19.0. The smallest absolute Gasteiger partial charge is 0.227 e. The van der Waals surface area contributed by atoms with E-state index in [1.807, 2.05) is 35.2 Å². The van der Waals surface area contributed by atoms with E-state index in [1.165, 1.54) is 5.52 Å². The number of para-hydroxylation sites is 2. The highest BCUT2D eigenvalue weighted by atomic mass is 79.9. The Labute approximate surface area is 168 Å². The highest BCUT2D eigenvalue weighted by Gasteiger charge is 2.34. The summed E-state index contributed by atoms with van der Waals surface area (Å²) in [5.74, 6) is 1.97. The Morgan fingerprint density at radius 2 is 1.89 bits per heavy atom. The van der Waals surface area contributed by atoms with Crippen molar-refractivity contribution in [3.05, 3.63) is 58.8 Å². The number of amides is 1. The molecule has 0 N–H and O–H groups in total. The molecule has 4 rings (SSSR count). The van der Waals surface area contributed by atoms with Gasteiger partial charge < -0.3 is 9.47 Å². The molecule has 27 heavy (non-hydrogen) atoms. The molecular formula is C22H24BrN3O. The number of hydrogen-bond donors (Lipinski definition) is 0. The molecule has 1 atom stereocenters. The van der Waals surface area contributed by atoms with Crippen LogP contribution in [0, 0.1) is 5.92 Å². The minimum atomic E-state index is 0.126. The number of benzene rings is 2. The van der Waals surface area contributed by atoms with Gasteiger partial charge in [-0.2, -0.15) is 0 Å². The molecule has 1 amide bonds. The molecule has 3 aromatic rings. The fourth-order valence-corrected chi connectivity index (χ4v) is 4.04. The molecule has 2 heterocycles. The number of nitrogens with zero attached hydrogens (tertiary/aromatic N) is 3. The molecular weight excluding hydrogens is 402 g/mol. The van der Waals surface area contributed by atoms with E-state index in [0.717, 1.165) is 34.5 Å². The maximum absolute atomic E-state index is 12.7. The van der Waals surface area contributed by atoms with Gasteiger partial charge in [0.05, 0.1) is 11.0 Å². The summed E-state index contributed by atoms with van der Waals surface area (Å²) in [5, 5.41) is 0. The molecule has 1 aliphatic rings. The number of rotatable bonds is 5. The third-order valence-electron chi connectivity index (χ3n) is 5.24. The van der Waals surface area contributed by atoms with Gasteiger partial charge in [0.1, 0.15) is 5.82 Å². The highest BCUT2D eigenvalue weighted by Crippen LogP contribution is 2.33. The van der Waals surface area contributed by atoms with Gasteiger partial charge in [-0.3, -0.25) is 4.79 Å². The van der Waals surface area contributed by atoms with Crippen molar-refractivity contribution >= 4 is 38.6 Å². The number of hydrogen-bond acceptors (Lipinski definition) is 2. The van der Waals surface area contributed by atoms with Crippen LogP contribution in [0.4, 0.5) is 5.69 Å². The van der Waals surface area contributed by atoms with Gasteiger partial charge in [0.15, 0.2) is 0 Å². The van der Waals surface area contributed by atoms with Crippen LogP contribution in [0.15, 0.2) is 53.0 Å². The minimum Gasteiger partial charge on any atom is -0.328 e. The predicted molar refractivity (Wildman–Crippen MR) is 113 cm³/mol. The van der Waals surface area contributed by atoms with Gasteiger partial charge in [-0.15, -0.1) is 0 Å². The van der Waals surface area contributed by atoms with E-state index in [1.54, 1.807) is 0 Å². The van der Waals surface area contributed by atoms with Crippen LogP contribution in [0.1, 0.15) is 38.4 Å². The van der Waals surface area contributed by atoms with Crippen molar-refractivity contribution in [1.29, 1.82) is 0 Å². The first-order valence-corrected chi connectivity index (χ1v) is 10.3. The van der Waals surface area contributed by atoms with Crippen molar-refractivity contribution in [1.82, 2.24) is 9.55 Å². The molecule has 0 spiro atoms. The Bertz CT molecular complexity index is 961. The normalized spacial score (nSPS) is 17.4. The van der Waals surface area contributed by atoms with Crippen molar-refractivity contribution in [3.63, 3.8) is 0 Å². The van der Waals surface area contributed by atoms with Crippen LogP contribution in [0.5, 0.6) is 0 Å². The fraction of sp³-hybridized carbons (Fsp3) is 0.364. The Morgan fingerprint density at radius 1 is 1.15 bits per heavy atom. The third-order valence-corrected chi connectivity index (χ3v) is 5.77. The van der Waals surface area contributed by atoms with Crippen LogP contribution in [-0.2, 0) is 11.3 Å². The molecule has 1 saturated heterocycles. The van der Waals surface area contributed by atoms with E-state index in [2.05, 4.69) is 52.5 Å². The maximum atomic E-state index is 12.7. The summed E-state index contributed by atoms with van der Waals surface area (Å²) in [7, 11) is 0. The van der Waals surface area contributed by atoms with Gasteiger partial charge >= 0.3 is 0 Å². The molecule has 1 aliphatic heterocycles. The second-order valence-corrected chi connectivity index (χ2v) is 8.59. The zero-order valence-corrected chi connectivity index (χ0v) is 17.3. The van der Waals surface area contributed by atoms with Gasteiger partial charge in [0, 0.05) is 35.6 Å². The quantitative estimate of drug-likeness (QED) is 0.551. The summed E-state index contributed by atoms with van der Waals surface area (Å²) in [6, 6.07) is 16.2. The first-order chi connectivity index (χ1) is 13.0. The second kappa shape index (κ2) is 7.47. The molecule has 2 aromatic carbocycles. The van der Waals surface area contributed by atoms with Crippen LogP contribution in [0.3, 0.4) is 0 Å². The summed E-state index contributed by atoms with van der Waals surface area (Å²) >= 11 is 3.46. The maximum Gasteiger partial charge on any atom is 0.227 e. The number of aromatic nitrogens is 2. The molecule has 140 valence electrons. The van der Waals surface area contributed by atoms with Gasteiger partial charge in [-0.25, -0.2) is 4.98 Å². The lowest BCUT2D eigenvalue weighted by molar-refractivity contribution is -0.117. The van der Waals surface area contributed by atoms with E-state index in [9.17, 15) is 4.79 Å². The lowest BCUT2D eigenvalue weighted by Gasteiger charge is -2.18. The van der Waals surface area contributed by atoms with Crippen LogP contribution in [0.25, 0.3) is 11.0 Å². The van der Waals surface area contributed by atoms with E-state index in [4.69, 9.17) is 4.98 Å². The fourth-order valence-electron chi connectivity index (χ4n) is 3.78. The minimum absolute atomic E-state index is 0.126. The molecule has 0 radical (unpaired) electrons. The highest BCUT2D eigenvalue weighted by molar-refractivity contribution is 9.10. The van der Waals surface area contributed by atoms with Crippen LogP contribution in [0.2, 0.25) is 0 Å². The molecule has 4 nitrogen and oxygen atoms in total. The summed E-state index contributed by atoms with van der Waals surface area (Å²) in [6.45, 7) is 6.11. The number of imidazole rings is 1. The second-order valence-electron chi connectivity index (χ2n) is 7.67. The van der Waals surface area contributed by atoms with E-state index in [0.29, 0.717) is 18.9 Å². The zero-order valence-electron chi connectivity index (χ0n) is 15.7. The van der Waals surface area contributed by atoms with Gasteiger partial charge in [0.25, 0.3) is 0 Å². The van der Waals surface area contributed by atoms with Gasteiger partial charge in [-0.1, -0.05) is 41.9 Å². The van der Waals surface area contributed by atoms with Gasteiger partial charge in [0.2, 0.25) is 5.91 Å². The van der Waals surface area contributed by atoms with Crippen molar-refractivity contribution in [2.24, 2.45) is 5.92 Å². The summed E-state index contributed by atoms with van der Waals surface area (Å²) in [6.07, 6.45) is 1.62. The summed E-state index contributed by atoms with van der Waals surface area (Å²) in [4.78, 5) is 19.5. The van der Waals surface area contributed by atoms with Crippen LogP contribution in [-0.4, -0.2) is 22.0 Å². The number of carbonyl (C=O) groups is 1. The first kappa shape index (κ1) is 18.2. The number of halogens is 1. The molecule has 1 aromatic heterocycles. The molecule has 1 fully saturated rings. The summed E-state index contributed by atoms with van der Waals surface area (Å²) < 4.78 is 3.35. The monoisotopic (exact) mass is 425 g/mol. The topological polar surface area (TPSA) is 38.1 Å². The lowest BCUT2D eigenvalue weighted by Crippen LogP contribution is -2.24. The van der Waals surface area contributed by atoms with Gasteiger partial charge in [-0.05, 0) is 48.7 Å². The van der Waals surface area contributed by atoms with Crippen molar-refractivity contribution < 1.29 is 4.79 Å². The predicted octanol–water partition coefficient (Wildman–Crippen LogP) is 5.37. The van der Waals surface area contributed by atoms with Crippen molar-refractivity contribution in [2.45, 2.75) is 39.2 Å². The van der Waals surface area contributed by atoms with Crippen molar-refractivity contribution in [3.8, 4) is 0 Å². The SMILES string of the molecule is CC(C)CCn1c([C@H]2CC(=O)N(c3ccc(Br)cc3)C2)nc2ccccc21. The number of carbonyl (C=O) groups excluding carboxylic acids is 1. The molecule has 0 saturated carbocycles. The van der Waals surface area contributed by atoms with E-state index in [-0.39, 0.29) is 11.8 Å². The standard InChI is InChI=1S/C22H24BrN3O/c1-15(2)11-12-25-20-6-4-3-5-19(20)24-22(25)16-13-21(27)26(14-16)18-9-7-17(23)8-10-18/h3-10,15-16H,11-14H2,1-2H3/t16-/m0/s1. The molecule has 5 heteroatoms. The van der Waals surface area contributed by atoms with E-state index < -0.39 is 0 Å². The molecule has 0 unspecified atom stereocenters. The average Bonchev–Trinajstić information content (AvgIpc) is 3.21. The van der Waals surface area contributed by atoms with Crippen LogP contribution >= 0.6 is 15.9 Å². The van der Waals surface area contributed by atoms with E-state index >= 15 is 0 Å². The Hall–Kier alpha value is -2.14. The van der Waals surface area contributed by atoms with Crippen molar-refractivity contribution in [2.75, 3.05) is 11.4 Å². The Morgan fingerprint density at radius 3 is 2.63 bits per heavy atom. The lowest BCUT2D eigenvalue weighted by atomic mass is 10.1. The Kier molecular flexibility index (Phi) is 5.04. The average molecular weight is 426 g/mol. The number of aryl methyl sites for hydroxylation is 1. The largest absolute Gasteiger partial charge is 0.328 e. The Balaban J connectivity index is 1.66.